The summed E-state index contributed by atoms with van der Waals surface area (Å²) in [6.07, 6.45) is 4.62. The van der Waals surface area contributed by atoms with Crippen LogP contribution in [0.2, 0.25) is 0 Å². The van der Waals surface area contributed by atoms with E-state index >= 15 is 0 Å². The first-order valence-corrected chi connectivity index (χ1v) is 12.7. The van der Waals surface area contributed by atoms with Crippen LogP contribution < -0.4 is 9.64 Å². The van der Waals surface area contributed by atoms with Crippen LogP contribution in [0.4, 0.5) is 15.0 Å². The van der Waals surface area contributed by atoms with E-state index in [1.54, 1.807) is 11.1 Å². The number of ether oxygens (including phenoxy) is 1. The number of nitrogens with zero attached hydrogens (tertiary/aromatic N) is 4. The molecule has 1 aromatic carbocycles. The topological polar surface area (TPSA) is 99.0 Å². The zero-order valence-electron chi connectivity index (χ0n) is 21.8. The molecule has 0 bridgehead atoms. The lowest BCUT2D eigenvalue weighted by atomic mass is 9.68. The highest BCUT2D eigenvalue weighted by Gasteiger charge is 2.56. The smallest absolute Gasteiger partial charge is 0.407 e. The third-order valence-electron chi connectivity index (χ3n) is 7.98. The van der Waals surface area contributed by atoms with Gasteiger partial charge in [0.2, 0.25) is 0 Å². The van der Waals surface area contributed by atoms with E-state index in [2.05, 4.69) is 35.6 Å². The van der Waals surface area contributed by atoms with Crippen LogP contribution in [0.3, 0.4) is 0 Å². The average molecular weight is 501 g/mol. The Morgan fingerprint density at radius 1 is 1.19 bits per heavy atom. The normalized spacial score (nSPS) is 22.5. The Bertz CT molecular complexity index is 1120. The molecule has 8 nitrogen and oxygen atoms in total. The van der Waals surface area contributed by atoms with Crippen molar-refractivity contribution >= 4 is 11.9 Å². The molecule has 0 saturated carbocycles. The predicted octanol–water partition coefficient (Wildman–Crippen LogP) is 5.41. The van der Waals surface area contributed by atoms with Gasteiger partial charge in [-0.3, -0.25) is 0 Å². The number of carboxylic acid groups (broad SMARTS) is 1. The summed E-state index contributed by atoms with van der Waals surface area (Å²) < 4.78 is 20.4. The van der Waals surface area contributed by atoms with Crippen LogP contribution in [0, 0.1) is 16.6 Å². The van der Waals surface area contributed by atoms with E-state index in [1.165, 1.54) is 24.5 Å². The molecule has 2 aliphatic rings. The molecular formula is C27H37FN4O4. The number of aliphatic hydroxyl groups is 1. The zero-order chi connectivity index (χ0) is 26.3. The van der Waals surface area contributed by atoms with Crippen molar-refractivity contribution in [2.75, 3.05) is 24.5 Å². The van der Waals surface area contributed by atoms with Gasteiger partial charge in [0.05, 0.1) is 11.8 Å². The van der Waals surface area contributed by atoms with Crippen molar-refractivity contribution in [1.29, 1.82) is 0 Å². The number of benzene rings is 1. The van der Waals surface area contributed by atoms with E-state index in [1.807, 2.05) is 13.8 Å². The van der Waals surface area contributed by atoms with Gasteiger partial charge in [0.25, 0.3) is 0 Å². The fourth-order valence-corrected chi connectivity index (χ4v) is 6.36. The van der Waals surface area contributed by atoms with Gasteiger partial charge in [0.1, 0.15) is 17.9 Å². The van der Waals surface area contributed by atoms with E-state index in [0.29, 0.717) is 55.4 Å². The van der Waals surface area contributed by atoms with Crippen molar-refractivity contribution in [3.63, 3.8) is 0 Å². The van der Waals surface area contributed by atoms with Crippen molar-refractivity contribution < 1.29 is 24.1 Å². The lowest BCUT2D eigenvalue weighted by molar-refractivity contribution is 0.0262. The lowest BCUT2D eigenvalue weighted by Gasteiger charge is -2.42. The summed E-state index contributed by atoms with van der Waals surface area (Å²) in [4.78, 5) is 24.4. The van der Waals surface area contributed by atoms with E-state index in [-0.39, 0.29) is 16.9 Å². The molecule has 1 aromatic heterocycles. The molecular weight excluding hydrogens is 463 g/mol. The summed E-state index contributed by atoms with van der Waals surface area (Å²) in [5.41, 5.74) is -1.25. The van der Waals surface area contributed by atoms with Crippen LogP contribution in [0.25, 0.3) is 0 Å². The molecule has 196 valence electrons. The summed E-state index contributed by atoms with van der Waals surface area (Å²) >= 11 is 0. The molecule has 2 saturated heterocycles. The Labute approximate surface area is 212 Å². The van der Waals surface area contributed by atoms with Gasteiger partial charge in [0, 0.05) is 36.7 Å². The van der Waals surface area contributed by atoms with Crippen LogP contribution in [-0.4, -0.2) is 56.9 Å². The zero-order valence-corrected chi connectivity index (χ0v) is 21.8. The Balaban J connectivity index is 1.66. The number of anilines is 1. The molecule has 2 aromatic rings. The van der Waals surface area contributed by atoms with Crippen molar-refractivity contribution in [2.24, 2.45) is 10.8 Å². The SMILES string of the molecule is CCC(O)(CC)c1cc(F)ccc1Oc1cncnc1N1CCC2(CCN(C(=O)O)C2C(C)(C)C)C1. The van der Waals surface area contributed by atoms with Crippen LogP contribution in [0.5, 0.6) is 11.5 Å². The Morgan fingerprint density at radius 2 is 1.89 bits per heavy atom. The predicted molar refractivity (Wildman–Crippen MR) is 135 cm³/mol. The number of halogens is 1. The third kappa shape index (κ3) is 4.61. The maximum absolute atomic E-state index is 14.2. The Morgan fingerprint density at radius 3 is 2.53 bits per heavy atom. The van der Waals surface area contributed by atoms with Gasteiger partial charge in [-0.05, 0) is 49.3 Å². The Hall–Kier alpha value is -2.94. The number of hydrogen-bond donors (Lipinski definition) is 2. The van der Waals surface area contributed by atoms with Crippen LogP contribution >= 0.6 is 0 Å². The van der Waals surface area contributed by atoms with Gasteiger partial charge >= 0.3 is 6.09 Å². The summed E-state index contributed by atoms with van der Waals surface area (Å²) in [5.74, 6) is 0.937. The molecule has 2 fully saturated rings. The largest absolute Gasteiger partial charge is 0.465 e. The highest BCUT2D eigenvalue weighted by Crippen LogP contribution is 2.52. The molecule has 2 unspecified atom stereocenters. The second kappa shape index (κ2) is 9.50. The minimum atomic E-state index is -1.23. The van der Waals surface area contributed by atoms with E-state index in [4.69, 9.17) is 4.74 Å². The maximum Gasteiger partial charge on any atom is 0.407 e. The lowest BCUT2D eigenvalue weighted by Crippen LogP contribution is -2.51. The molecule has 0 radical (unpaired) electrons. The first-order chi connectivity index (χ1) is 16.9. The molecule has 9 heteroatoms. The highest BCUT2D eigenvalue weighted by atomic mass is 19.1. The van der Waals surface area contributed by atoms with Crippen LogP contribution in [0.15, 0.2) is 30.7 Å². The van der Waals surface area contributed by atoms with Gasteiger partial charge in [-0.25, -0.2) is 19.2 Å². The third-order valence-corrected chi connectivity index (χ3v) is 7.98. The summed E-state index contributed by atoms with van der Waals surface area (Å²) in [6, 6.07) is 4.04. The molecule has 3 heterocycles. The maximum atomic E-state index is 14.2. The quantitative estimate of drug-likeness (QED) is 0.547. The number of aromatic nitrogens is 2. The van der Waals surface area contributed by atoms with E-state index in [9.17, 15) is 19.4 Å². The molecule has 1 amide bonds. The molecule has 1 spiro atoms. The van der Waals surface area contributed by atoms with Gasteiger partial charge in [0.15, 0.2) is 11.6 Å². The van der Waals surface area contributed by atoms with Crippen molar-refractivity contribution in [3.8, 4) is 11.5 Å². The standard InChI is InChI=1S/C27H37FN4O4/c1-6-27(35,7-2)19-14-18(28)8-9-20(19)36-21-15-29-17-30-22(21)31-12-10-26(16-31)11-13-32(24(33)34)23(26)25(3,4)5/h8-9,14-15,17,23,35H,6-7,10-13,16H2,1-5H3,(H,33,34). The van der Waals surface area contributed by atoms with Crippen molar-refractivity contribution in [2.45, 2.75) is 71.9 Å². The first-order valence-electron chi connectivity index (χ1n) is 12.7. The van der Waals surface area contributed by atoms with E-state index < -0.39 is 17.5 Å². The number of carbonyl (C=O) groups is 1. The molecule has 2 aliphatic heterocycles. The minimum Gasteiger partial charge on any atom is -0.465 e. The number of hydrogen-bond acceptors (Lipinski definition) is 6. The summed E-state index contributed by atoms with van der Waals surface area (Å²) in [5, 5.41) is 21.0. The highest BCUT2D eigenvalue weighted by molar-refractivity contribution is 5.66. The summed E-state index contributed by atoms with van der Waals surface area (Å²) in [6.45, 7) is 11.9. The fraction of sp³-hybridized carbons (Fsp3) is 0.593. The molecule has 2 atom stereocenters. The Kier molecular flexibility index (Phi) is 6.90. The van der Waals surface area contributed by atoms with Crippen molar-refractivity contribution in [3.05, 3.63) is 42.1 Å². The van der Waals surface area contributed by atoms with Crippen molar-refractivity contribution in [1.82, 2.24) is 14.9 Å². The van der Waals surface area contributed by atoms with E-state index in [0.717, 1.165) is 12.8 Å². The monoisotopic (exact) mass is 500 g/mol. The molecule has 0 aliphatic carbocycles. The van der Waals surface area contributed by atoms with Crippen LogP contribution in [0.1, 0.15) is 65.9 Å². The number of amides is 1. The van der Waals surface area contributed by atoms with Gasteiger partial charge in [-0.15, -0.1) is 0 Å². The minimum absolute atomic E-state index is 0.119. The second-order valence-electron chi connectivity index (χ2n) is 11.2. The van der Waals surface area contributed by atoms with Gasteiger partial charge in [-0.1, -0.05) is 34.6 Å². The van der Waals surface area contributed by atoms with Crippen LogP contribution in [-0.2, 0) is 5.60 Å². The fourth-order valence-electron chi connectivity index (χ4n) is 6.36. The molecule has 2 N–H and O–H groups in total. The first kappa shape index (κ1) is 26.1. The molecule has 36 heavy (non-hydrogen) atoms. The molecule has 4 rings (SSSR count). The number of likely N-dealkylation sites (tertiary alicyclic amines) is 1. The second-order valence-corrected chi connectivity index (χ2v) is 11.2. The summed E-state index contributed by atoms with van der Waals surface area (Å²) in [7, 11) is 0. The van der Waals surface area contributed by atoms with Gasteiger partial charge < -0.3 is 24.7 Å². The van der Waals surface area contributed by atoms with Gasteiger partial charge in [-0.2, -0.15) is 0 Å². The average Bonchev–Trinajstić information content (AvgIpc) is 3.44. The number of rotatable bonds is 6.